The summed E-state index contributed by atoms with van der Waals surface area (Å²) in [7, 11) is 0. The van der Waals surface area contributed by atoms with E-state index in [0.717, 1.165) is 16.5 Å². The number of carbonyl (C=O) groups is 3. The number of carboxylic acids is 1. The summed E-state index contributed by atoms with van der Waals surface area (Å²) < 4.78 is 10.7. The maximum Gasteiger partial charge on any atom is 0.335 e. The molecule has 3 rings (SSSR count). The Labute approximate surface area is 155 Å². The Morgan fingerprint density at radius 2 is 1.41 bits per heavy atom. The first-order chi connectivity index (χ1) is 12.7. The molecule has 0 unspecified atom stereocenters. The van der Waals surface area contributed by atoms with Crippen molar-refractivity contribution in [2.45, 2.75) is 27.7 Å². The number of esters is 2. The molecule has 6 nitrogen and oxygen atoms in total. The predicted molar refractivity (Wildman–Crippen MR) is 101 cm³/mol. The first-order valence-electron chi connectivity index (χ1n) is 8.30. The van der Waals surface area contributed by atoms with Gasteiger partial charge >= 0.3 is 17.9 Å². The van der Waals surface area contributed by atoms with Crippen molar-refractivity contribution in [2.75, 3.05) is 0 Å². The minimum atomic E-state index is -1.11. The Kier molecular flexibility index (Phi) is 4.57. The fraction of sp³-hybridized carbons (Fsp3) is 0.190. The number of ether oxygens (including phenoxy) is 2. The van der Waals surface area contributed by atoms with E-state index in [1.54, 1.807) is 18.2 Å². The van der Waals surface area contributed by atoms with Gasteiger partial charge in [0.2, 0.25) is 0 Å². The van der Waals surface area contributed by atoms with Crippen molar-refractivity contribution in [3.8, 4) is 11.5 Å². The first kappa shape index (κ1) is 18.4. The van der Waals surface area contributed by atoms with Crippen LogP contribution in [0.25, 0.3) is 21.5 Å². The van der Waals surface area contributed by atoms with Gasteiger partial charge in [0, 0.05) is 24.6 Å². The van der Waals surface area contributed by atoms with E-state index in [4.69, 9.17) is 9.47 Å². The highest BCUT2D eigenvalue weighted by Gasteiger charge is 2.20. The molecule has 27 heavy (non-hydrogen) atoms. The van der Waals surface area contributed by atoms with E-state index in [2.05, 4.69) is 0 Å². The average molecular weight is 366 g/mol. The zero-order valence-corrected chi connectivity index (χ0v) is 15.4. The predicted octanol–water partition coefficient (Wildman–Crippen LogP) is 4.16. The van der Waals surface area contributed by atoms with Crippen LogP contribution in [-0.2, 0) is 9.59 Å². The molecule has 0 heterocycles. The van der Waals surface area contributed by atoms with E-state index in [1.807, 2.05) is 19.9 Å². The molecule has 0 radical (unpaired) electrons. The molecule has 3 aromatic rings. The zero-order valence-electron chi connectivity index (χ0n) is 15.4. The van der Waals surface area contributed by atoms with Gasteiger partial charge in [-0.2, -0.15) is 0 Å². The standard InChI is InChI=1S/C21H18O6/c1-10-15-6-5-7-17(26-12(3)22)19(15)11(2)20-16(10)8-14(21(24)25)9-18(20)27-13(4)23/h5-9H,1-4H3,(H,24,25). The van der Waals surface area contributed by atoms with Crippen LogP contribution in [0, 0.1) is 13.8 Å². The summed E-state index contributed by atoms with van der Waals surface area (Å²) in [5.74, 6) is -1.54. The number of aromatic carboxylic acids is 1. The molecule has 0 atom stereocenters. The lowest BCUT2D eigenvalue weighted by atomic mass is 9.91. The van der Waals surface area contributed by atoms with E-state index >= 15 is 0 Å². The Morgan fingerprint density at radius 1 is 0.815 bits per heavy atom. The molecule has 0 saturated heterocycles. The third kappa shape index (κ3) is 3.21. The number of carbonyl (C=O) groups excluding carboxylic acids is 2. The van der Waals surface area contributed by atoms with E-state index in [9.17, 15) is 19.5 Å². The maximum atomic E-state index is 11.6. The lowest BCUT2D eigenvalue weighted by Gasteiger charge is -2.17. The van der Waals surface area contributed by atoms with Gasteiger partial charge < -0.3 is 14.6 Å². The summed E-state index contributed by atoms with van der Waals surface area (Å²) in [6.07, 6.45) is 0. The molecule has 0 saturated carbocycles. The summed E-state index contributed by atoms with van der Waals surface area (Å²) in [5, 5.41) is 12.2. The summed E-state index contributed by atoms with van der Waals surface area (Å²) in [6.45, 7) is 6.26. The van der Waals surface area contributed by atoms with Gasteiger partial charge in [-0.15, -0.1) is 0 Å². The Morgan fingerprint density at radius 3 is 2.00 bits per heavy atom. The minimum Gasteiger partial charge on any atom is -0.478 e. The van der Waals surface area contributed by atoms with Crippen LogP contribution in [0.5, 0.6) is 11.5 Å². The van der Waals surface area contributed by atoms with Gasteiger partial charge in [0.05, 0.1) is 5.56 Å². The fourth-order valence-corrected chi connectivity index (χ4v) is 3.40. The molecule has 0 fully saturated rings. The van der Waals surface area contributed by atoms with Gasteiger partial charge in [-0.25, -0.2) is 4.79 Å². The first-order valence-corrected chi connectivity index (χ1v) is 8.30. The molecule has 138 valence electrons. The van der Waals surface area contributed by atoms with Gasteiger partial charge in [-0.1, -0.05) is 12.1 Å². The molecule has 3 aromatic carbocycles. The highest BCUT2D eigenvalue weighted by molar-refractivity contribution is 6.12. The van der Waals surface area contributed by atoms with Crippen LogP contribution in [0.2, 0.25) is 0 Å². The Bertz CT molecular complexity index is 1130. The number of benzene rings is 3. The highest BCUT2D eigenvalue weighted by Crippen LogP contribution is 2.41. The molecular formula is C21H18O6. The third-order valence-electron chi connectivity index (χ3n) is 4.44. The monoisotopic (exact) mass is 366 g/mol. The van der Waals surface area contributed by atoms with Crippen LogP contribution < -0.4 is 9.47 Å². The average Bonchev–Trinajstić information content (AvgIpc) is 2.57. The smallest absolute Gasteiger partial charge is 0.335 e. The molecule has 0 aliphatic heterocycles. The van der Waals surface area contributed by atoms with Crippen LogP contribution in [-0.4, -0.2) is 23.0 Å². The van der Waals surface area contributed by atoms with Crippen molar-refractivity contribution >= 4 is 39.5 Å². The number of carboxylic acid groups (broad SMARTS) is 1. The Balaban J connectivity index is 2.52. The van der Waals surface area contributed by atoms with Crippen molar-refractivity contribution in [2.24, 2.45) is 0 Å². The molecule has 0 aromatic heterocycles. The van der Waals surface area contributed by atoms with Crippen LogP contribution in [0.1, 0.15) is 35.3 Å². The molecule has 0 spiro atoms. The molecule has 0 bridgehead atoms. The molecular weight excluding hydrogens is 348 g/mol. The van der Waals surface area contributed by atoms with Gasteiger partial charge in [0.25, 0.3) is 0 Å². The van der Waals surface area contributed by atoms with Crippen LogP contribution in [0.3, 0.4) is 0 Å². The van der Waals surface area contributed by atoms with Gasteiger partial charge in [-0.3, -0.25) is 9.59 Å². The summed E-state index contributed by atoms with van der Waals surface area (Å²) in [5.41, 5.74) is 1.56. The number of aryl methyl sites for hydroxylation is 2. The molecule has 0 amide bonds. The molecule has 0 aliphatic carbocycles. The molecule has 1 N–H and O–H groups in total. The highest BCUT2D eigenvalue weighted by atomic mass is 16.5. The van der Waals surface area contributed by atoms with Crippen LogP contribution in [0.4, 0.5) is 0 Å². The quantitative estimate of drug-likeness (QED) is 0.425. The van der Waals surface area contributed by atoms with Crippen LogP contribution >= 0.6 is 0 Å². The second-order valence-electron chi connectivity index (χ2n) is 6.32. The van der Waals surface area contributed by atoms with Crippen molar-refractivity contribution in [1.29, 1.82) is 0 Å². The largest absolute Gasteiger partial charge is 0.478 e. The second-order valence-corrected chi connectivity index (χ2v) is 6.32. The summed E-state index contributed by atoms with van der Waals surface area (Å²) in [6, 6.07) is 8.23. The van der Waals surface area contributed by atoms with Crippen LogP contribution in [0.15, 0.2) is 30.3 Å². The number of hydrogen-bond donors (Lipinski definition) is 1. The summed E-state index contributed by atoms with van der Waals surface area (Å²) in [4.78, 5) is 34.6. The van der Waals surface area contributed by atoms with E-state index in [0.29, 0.717) is 21.9 Å². The van der Waals surface area contributed by atoms with E-state index in [-0.39, 0.29) is 11.3 Å². The number of fused-ring (bicyclic) bond motifs is 2. The number of rotatable bonds is 3. The van der Waals surface area contributed by atoms with Crippen molar-refractivity contribution in [1.82, 2.24) is 0 Å². The maximum absolute atomic E-state index is 11.6. The zero-order chi connectivity index (χ0) is 19.9. The lowest BCUT2D eigenvalue weighted by molar-refractivity contribution is -0.132. The SMILES string of the molecule is CC(=O)Oc1cccc2c(C)c3cc(C(=O)O)cc(OC(C)=O)c3c(C)c12. The Hall–Kier alpha value is -3.41. The van der Waals surface area contributed by atoms with Gasteiger partial charge in [-0.05, 0) is 53.9 Å². The van der Waals surface area contributed by atoms with Crippen molar-refractivity contribution in [3.05, 3.63) is 47.0 Å². The second kappa shape index (κ2) is 6.72. The normalized spacial score (nSPS) is 10.8. The third-order valence-corrected chi connectivity index (χ3v) is 4.44. The molecule has 6 heteroatoms. The topological polar surface area (TPSA) is 89.9 Å². The van der Waals surface area contributed by atoms with Gasteiger partial charge in [0.15, 0.2) is 0 Å². The van der Waals surface area contributed by atoms with Gasteiger partial charge in [0.1, 0.15) is 11.5 Å². The lowest BCUT2D eigenvalue weighted by Crippen LogP contribution is -2.06. The summed E-state index contributed by atoms with van der Waals surface area (Å²) >= 11 is 0. The fourth-order valence-electron chi connectivity index (χ4n) is 3.40. The van der Waals surface area contributed by atoms with Crippen molar-refractivity contribution < 1.29 is 29.0 Å². The number of hydrogen-bond acceptors (Lipinski definition) is 5. The molecule has 0 aliphatic rings. The minimum absolute atomic E-state index is 0.0248. The van der Waals surface area contributed by atoms with Crippen molar-refractivity contribution in [3.63, 3.8) is 0 Å². The van der Waals surface area contributed by atoms with E-state index < -0.39 is 17.9 Å². The van der Waals surface area contributed by atoms with E-state index in [1.165, 1.54) is 19.9 Å².